The van der Waals surface area contributed by atoms with Gasteiger partial charge in [0.15, 0.2) is 0 Å². The zero-order chi connectivity index (χ0) is 27.7. The van der Waals surface area contributed by atoms with E-state index >= 15 is 0 Å². The van der Waals surface area contributed by atoms with E-state index in [1.54, 1.807) is 0 Å². The highest BCUT2D eigenvalue weighted by Crippen LogP contribution is 2.33. The Morgan fingerprint density at radius 1 is 1.03 bits per heavy atom. The Balaban J connectivity index is 1.45. The van der Waals surface area contributed by atoms with E-state index < -0.39 is 23.7 Å². The van der Waals surface area contributed by atoms with Crippen molar-refractivity contribution in [2.75, 3.05) is 26.9 Å². The van der Waals surface area contributed by atoms with Gasteiger partial charge < -0.3 is 29.6 Å². The lowest BCUT2D eigenvalue weighted by atomic mass is 9.78. The molecule has 0 radical (unpaired) electrons. The van der Waals surface area contributed by atoms with Crippen molar-refractivity contribution in [2.24, 2.45) is 17.6 Å². The lowest BCUT2D eigenvalue weighted by Gasteiger charge is -2.34. The first-order valence-electron chi connectivity index (χ1n) is 13.7. The van der Waals surface area contributed by atoms with Crippen LogP contribution in [0.1, 0.15) is 64.9 Å². The van der Waals surface area contributed by atoms with Gasteiger partial charge in [0.1, 0.15) is 11.6 Å². The summed E-state index contributed by atoms with van der Waals surface area (Å²) < 4.78 is 22.2. The second-order valence-corrected chi connectivity index (χ2v) is 11.3. The largest absolute Gasteiger partial charge is 0.467 e. The van der Waals surface area contributed by atoms with E-state index in [-0.39, 0.29) is 29.8 Å². The summed E-state index contributed by atoms with van der Waals surface area (Å²) >= 11 is 0. The van der Waals surface area contributed by atoms with Gasteiger partial charge in [-0.2, -0.15) is 0 Å². The standard InChI is InChI=1S/C29H44N2O7/c1-29(2,3)38-27(33)22-13-11-21(12-14-22)25(30)26(32)31-18-23(17-24(31)28(34)35-4)37-16-8-15-36-19-20-9-6-5-7-10-20/h5-7,9-10,21-25H,8,11-19,30H2,1-4H3. The van der Waals surface area contributed by atoms with Crippen molar-refractivity contribution < 1.29 is 33.3 Å². The molecule has 3 rings (SSSR count). The topological polar surface area (TPSA) is 117 Å². The Labute approximate surface area is 226 Å². The number of hydrogen-bond donors (Lipinski definition) is 1. The molecule has 38 heavy (non-hydrogen) atoms. The Hall–Kier alpha value is -2.49. The maximum atomic E-state index is 13.4. The van der Waals surface area contributed by atoms with Gasteiger partial charge in [-0.05, 0) is 64.4 Å². The van der Waals surface area contributed by atoms with E-state index in [0.717, 1.165) is 5.56 Å². The molecule has 1 heterocycles. The molecule has 1 aliphatic carbocycles. The maximum Gasteiger partial charge on any atom is 0.328 e. The van der Waals surface area contributed by atoms with Gasteiger partial charge in [-0.15, -0.1) is 0 Å². The first kappa shape index (κ1) is 30.1. The number of nitrogens with zero attached hydrogens (tertiary/aromatic N) is 1. The lowest BCUT2D eigenvalue weighted by molar-refractivity contribution is -0.161. The highest BCUT2D eigenvalue weighted by atomic mass is 16.6. The van der Waals surface area contributed by atoms with Crippen LogP contribution in [0.4, 0.5) is 0 Å². The number of rotatable bonds is 11. The third-order valence-corrected chi connectivity index (χ3v) is 7.22. The summed E-state index contributed by atoms with van der Waals surface area (Å²) in [5.41, 5.74) is 7.03. The van der Waals surface area contributed by atoms with Gasteiger partial charge in [0.05, 0.1) is 31.8 Å². The zero-order valence-corrected chi connectivity index (χ0v) is 23.2. The normalized spacial score (nSPS) is 24.6. The molecular formula is C29H44N2O7. The number of esters is 2. The van der Waals surface area contributed by atoms with E-state index in [1.807, 2.05) is 51.1 Å². The number of benzene rings is 1. The van der Waals surface area contributed by atoms with Crippen molar-refractivity contribution in [3.05, 3.63) is 35.9 Å². The molecule has 2 N–H and O–H groups in total. The van der Waals surface area contributed by atoms with Crippen molar-refractivity contribution in [2.45, 2.75) is 89.7 Å². The molecule has 0 spiro atoms. The lowest BCUT2D eigenvalue weighted by Crippen LogP contribution is -2.52. The summed E-state index contributed by atoms with van der Waals surface area (Å²) in [4.78, 5) is 39.8. The van der Waals surface area contributed by atoms with Gasteiger partial charge in [-0.3, -0.25) is 9.59 Å². The van der Waals surface area contributed by atoms with E-state index in [9.17, 15) is 14.4 Å². The molecule has 9 heteroatoms. The third-order valence-electron chi connectivity index (χ3n) is 7.22. The Kier molecular flexibility index (Phi) is 11.1. The summed E-state index contributed by atoms with van der Waals surface area (Å²) in [6, 6.07) is 8.51. The molecule has 2 fully saturated rings. The molecule has 1 saturated carbocycles. The highest BCUT2D eigenvalue weighted by molar-refractivity contribution is 5.88. The highest BCUT2D eigenvalue weighted by Gasteiger charge is 2.44. The van der Waals surface area contributed by atoms with Gasteiger partial charge >= 0.3 is 11.9 Å². The molecule has 3 unspecified atom stereocenters. The van der Waals surface area contributed by atoms with Crippen molar-refractivity contribution in [3.8, 4) is 0 Å². The van der Waals surface area contributed by atoms with Gasteiger partial charge in [0.25, 0.3) is 0 Å². The van der Waals surface area contributed by atoms with Gasteiger partial charge in [-0.1, -0.05) is 30.3 Å². The van der Waals surface area contributed by atoms with Crippen molar-refractivity contribution >= 4 is 17.8 Å². The zero-order valence-electron chi connectivity index (χ0n) is 23.2. The average Bonchev–Trinajstić information content (AvgIpc) is 3.33. The molecule has 1 aliphatic heterocycles. The fraction of sp³-hybridized carbons (Fsp3) is 0.690. The minimum absolute atomic E-state index is 0.0544. The van der Waals surface area contributed by atoms with Crippen LogP contribution in [0.2, 0.25) is 0 Å². The van der Waals surface area contributed by atoms with Gasteiger partial charge in [0, 0.05) is 26.2 Å². The second kappa shape index (κ2) is 14.1. The Bertz CT molecular complexity index is 909. The first-order valence-corrected chi connectivity index (χ1v) is 13.7. The van der Waals surface area contributed by atoms with Crippen LogP contribution in [0.5, 0.6) is 0 Å². The molecular weight excluding hydrogens is 488 g/mol. The van der Waals surface area contributed by atoms with Crippen LogP contribution in [0, 0.1) is 11.8 Å². The van der Waals surface area contributed by atoms with Crippen LogP contribution < -0.4 is 5.73 Å². The van der Waals surface area contributed by atoms with Crippen LogP contribution in [0.15, 0.2) is 30.3 Å². The smallest absolute Gasteiger partial charge is 0.328 e. The molecule has 2 aliphatic rings. The number of carbonyl (C=O) groups is 3. The van der Waals surface area contributed by atoms with Crippen molar-refractivity contribution in [3.63, 3.8) is 0 Å². The molecule has 1 aromatic rings. The van der Waals surface area contributed by atoms with Crippen LogP contribution >= 0.6 is 0 Å². The molecule has 1 amide bonds. The monoisotopic (exact) mass is 532 g/mol. The molecule has 0 aromatic heterocycles. The van der Waals surface area contributed by atoms with E-state index in [0.29, 0.717) is 64.9 Å². The van der Waals surface area contributed by atoms with Crippen LogP contribution in [-0.4, -0.2) is 73.4 Å². The summed E-state index contributed by atoms with van der Waals surface area (Å²) in [5.74, 6) is -1.14. The quantitative estimate of drug-likeness (QED) is 0.341. The minimum atomic E-state index is -0.744. The summed E-state index contributed by atoms with van der Waals surface area (Å²) in [7, 11) is 1.32. The molecule has 1 saturated heterocycles. The van der Waals surface area contributed by atoms with Crippen molar-refractivity contribution in [1.82, 2.24) is 4.90 Å². The predicted molar refractivity (Wildman–Crippen MR) is 142 cm³/mol. The van der Waals surface area contributed by atoms with Gasteiger partial charge in [-0.25, -0.2) is 4.79 Å². The molecule has 3 atom stereocenters. The Morgan fingerprint density at radius 2 is 1.71 bits per heavy atom. The molecule has 9 nitrogen and oxygen atoms in total. The van der Waals surface area contributed by atoms with Crippen LogP contribution in [0.3, 0.4) is 0 Å². The second-order valence-electron chi connectivity index (χ2n) is 11.3. The van der Waals surface area contributed by atoms with Gasteiger partial charge in [0.2, 0.25) is 5.91 Å². The number of methoxy groups -OCH3 is 1. The first-order chi connectivity index (χ1) is 18.1. The van der Waals surface area contributed by atoms with Crippen molar-refractivity contribution in [1.29, 1.82) is 0 Å². The SMILES string of the molecule is COC(=O)C1CC(OCCCOCc2ccccc2)CN1C(=O)C(N)C1CCC(C(=O)OC(C)(C)C)CC1. The number of ether oxygens (including phenoxy) is 4. The summed E-state index contributed by atoms with van der Waals surface area (Å²) in [6.45, 7) is 7.44. The number of nitrogens with two attached hydrogens (primary N) is 1. The fourth-order valence-electron chi connectivity index (χ4n) is 5.19. The third kappa shape index (κ3) is 8.78. The number of carbonyl (C=O) groups excluding carboxylic acids is 3. The van der Waals surface area contributed by atoms with E-state index in [1.165, 1.54) is 12.0 Å². The average molecular weight is 533 g/mol. The van der Waals surface area contributed by atoms with E-state index in [2.05, 4.69) is 0 Å². The summed E-state index contributed by atoms with van der Waals surface area (Å²) in [6.07, 6.45) is 3.42. The molecule has 0 bridgehead atoms. The molecule has 212 valence electrons. The number of amides is 1. The van der Waals surface area contributed by atoms with E-state index in [4.69, 9.17) is 24.7 Å². The number of hydrogen-bond acceptors (Lipinski definition) is 8. The fourth-order valence-corrected chi connectivity index (χ4v) is 5.19. The van der Waals surface area contributed by atoms with Crippen LogP contribution in [0.25, 0.3) is 0 Å². The maximum absolute atomic E-state index is 13.4. The molecule has 1 aromatic carbocycles. The Morgan fingerprint density at radius 3 is 2.34 bits per heavy atom. The number of likely N-dealkylation sites (tertiary alicyclic amines) is 1. The predicted octanol–water partition coefficient (Wildman–Crippen LogP) is 3.23. The summed E-state index contributed by atoms with van der Waals surface area (Å²) in [5, 5.41) is 0. The minimum Gasteiger partial charge on any atom is -0.467 e. The van der Waals surface area contributed by atoms with Crippen LogP contribution in [-0.2, 0) is 39.9 Å².